The zero-order valence-corrected chi connectivity index (χ0v) is 20.4. The summed E-state index contributed by atoms with van der Waals surface area (Å²) in [7, 11) is -1.99. The molecule has 0 spiro atoms. The summed E-state index contributed by atoms with van der Waals surface area (Å²) in [5.74, 6) is -2.67. The van der Waals surface area contributed by atoms with Crippen LogP contribution in [0.3, 0.4) is 0 Å². The van der Waals surface area contributed by atoms with Crippen LogP contribution < -0.4 is 16.0 Å². The third kappa shape index (κ3) is 5.73. The van der Waals surface area contributed by atoms with Gasteiger partial charge in [-0.3, -0.25) is 14.4 Å². The Morgan fingerprint density at radius 3 is 2.48 bits per heavy atom. The Hall–Kier alpha value is -2.46. The number of carbonyl (C=O) groups excluding carboxylic acids is 3. The van der Waals surface area contributed by atoms with Gasteiger partial charge in [-0.25, -0.2) is 8.42 Å². The van der Waals surface area contributed by atoms with Gasteiger partial charge in [0.15, 0.2) is 9.84 Å². The van der Waals surface area contributed by atoms with E-state index < -0.39 is 51.4 Å². The third-order valence-electron chi connectivity index (χ3n) is 6.45. The number of hydrogen-bond acceptors (Lipinski definition) is 6. The van der Waals surface area contributed by atoms with Gasteiger partial charge >= 0.3 is 0 Å². The molecule has 4 atom stereocenters. The summed E-state index contributed by atoms with van der Waals surface area (Å²) in [5.41, 5.74) is 2.20. The standard InChI is InChI=1S/C23H34N4O5S/c1-14(2)20(26-21(28)15(3)24-4)23(30)27-13-33(31,32)12-19(27)22(29)25-18-11-7-9-16-8-5-6-10-17(16)18/h5-6,8,10,14-15,18-20,24H,7,9,11-13H2,1-4H3,(H,25,29)(H,26,28)/t15-,18+,19-,20-/m0/s1. The SMILES string of the molecule is CN[C@@H](C)C(=O)N[C@H](C(=O)N1CS(=O)(=O)C[C@H]1C(=O)N[C@@H]1CCCc2ccccc21)C(C)C. The minimum Gasteiger partial charge on any atom is -0.347 e. The molecule has 1 aromatic carbocycles. The Morgan fingerprint density at radius 1 is 1.12 bits per heavy atom. The smallest absolute Gasteiger partial charge is 0.246 e. The van der Waals surface area contributed by atoms with Crippen molar-refractivity contribution < 1.29 is 22.8 Å². The van der Waals surface area contributed by atoms with Crippen LogP contribution in [0.4, 0.5) is 0 Å². The fourth-order valence-corrected chi connectivity index (χ4v) is 6.04. The van der Waals surface area contributed by atoms with Crippen LogP contribution in [-0.4, -0.2) is 67.8 Å². The van der Waals surface area contributed by atoms with Gasteiger partial charge in [-0.2, -0.15) is 0 Å². The highest BCUT2D eigenvalue weighted by Gasteiger charge is 2.45. The van der Waals surface area contributed by atoms with Crippen LogP contribution in [0.1, 0.15) is 50.8 Å². The van der Waals surface area contributed by atoms with E-state index in [0.717, 1.165) is 29.7 Å². The lowest BCUT2D eigenvalue weighted by atomic mass is 9.87. The molecular weight excluding hydrogens is 444 g/mol. The Bertz CT molecular complexity index is 1010. The molecule has 0 saturated carbocycles. The van der Waals surface area contributed by atoms with Crippen molar-refractivity contribution in [3.05, 3.63) is 35.4 Å². The number of aryl methyl sites for hydroxylation is 1. The van der Waals surface area contributed by atoms with Crippen LogP contribution in [0.5, 0.6) is 0 Å². The lowest BCUT2D eigenvalue weighted by Crippen LogP contribution is -2.57. The molecule has 0 radical (unpaired) electrons. The molecule has 1 heterocycles. The molecule has 0 bridgehead atoms. The zero-order valence-electron chi connectivity index (χ0n) is 19.6. The van der Waals surface area contributed by atoms with Crippen molar-refractivity contribution in [2.75, 3.05) is 18.7 Å². The van der Waals surface area contributed by atoms with Crippen molar-refractivity contribution >= 4 is 27.6 Å². The highest BCUT2D eigenvalue weighted by molar-refractivity contribution is 7.91. The first-order valence-electron chi connectivity index (χ1n) is 11.4. The van der Waals surface area contributed by atoms with Crippen molar-refractivity contribution in [1.82, 2.24) is 20.9 Å². The molecule has 3 rings (SSSR count). The Balaban J connectivity index is 1.80. The first kappa shape index (κ1) is 25.2. The first-order valence-corrected chi connectivity index (χ1v) is 13.2. The summed E-state index contributed by atoms with van der Waals surface area (Å²) in [4.78, 5) is 40.1. The van der Waals surface area contributed by atoms with Crippen molar-refractivity contribution in [3.63, 3.8) is 0 Å². The maximum absolute atomic E-state index is 13.4. The summed E-state index contributed by atoms with van der Waals surface area (Å²) in [5, 5.41) is 8.50. The van der Waals surface area contributed by atoms with Gasteiger partial charge in [-0.15, -0.1) is 0 Å². The molecule has 33 heavy (non-hydrogen) atoms. The lowest BCUT2D eigenvalue weighted by Gasteiger charge is -2.32. The average Bonchev–Trinajstić information content (AvgIpc) is 3.11. The molecule has 3 N–H and O–H groups in total. The molecule has 3 amide bonds. The van der Waals surface area contributed by atoms with E-state index in [4.69, 9.17) is 0 Å². The van der Waals surface area contributed by atoms with E-state index in [0.29, 0.717) is 0 Å². The molecule has 1 fully saturated rings. The van der Waals surface area contributed by atoms with Crippen molar-refractivity contribution in [2.24, 2.45) is 5.92 Å². The van der Waals surface area contributed by atoms with Crippen LogP contribution >= 0.6 is 0 Å². The maximum atomic E-state index is 13.4. The van der Waals surface area contributed by atoms with E-state index in [1.165, 1.54) is 5.56 Å². The summed E-state index contributed by atoms with van der Waals surface area (Å²) in [6, 6.07) is 5.08. The largest absolute Gasteiger partial charge is 0.347 e. The summed E-state index contributed by atoms with van der Waals surface area (Å²) in [6.07, 6.45) is 2.60. The second-order valence-corrected chi connectivity index (χ2v) is 11.3. The maximum Gasteiger partial charge on any atom is 0.246 e. The number of nitrogens with one attached hydrogen (secondary N) is 3. The topological polar surface area (TPSA) is 125 Å². The van der Waals surface area contributed by atoms with E-state index in [1.807, 2.05) is 24.3 Å². The predicted octanol–water partition coefficient (Wildman–Crippen LogP) is 0.512. The number of likely N-dealkylation sites (N-methyl/N-ethyl adjacent to an activating group) is 1. The van der Waals surface area contributed by atoms with Gasteiger partial charge in [0.2, 0.25) is 17.7 Å². The van der Waals surface area contributed by atoms with Gasteiger partial charge in [0.25, 0.3) is 0 Å². The number of amides is 3. The van der Waals surface area contributed by atoms with Crippen LogP contribution in [0.15, 0.2) is 24.3 Å². The van der Waals surface area contributed by atoms with Gasteiger partial charge in [0, 0.05) is 0 Å². The molecule has 0 unspecified atom stereocenters. The number of benzene rings is 1. The molecule has 1 saturated heterocycles. The fraction of sp³-hybridized carbons (Fsp3) is 0.609. The number of nitrogens with zero attached hydrogens (tertiary/aromatic N) is 1. The van der Waals surface area contributed by atoms with Crippen molar-refractivity contribution in [1.29, 1.82) is 0 Å². The van der Waals surface area contributed by atoms with Gasteiger partial charge in [-0.1, -0.05) is 38.1 Å². The molecule has 0 aromatic heterocycles. The monoisotopic (exact) mass is 478 g/mol. The van der Waals surface area contributed by atoms with Crippen LogP contribution in [-0.2, 0) is 30.6 Å². The third-order valence-corrected chi connectivity index (χ3v) is 7.95. The zero-order chi connectivity index (χ0) is 24.3. The van der Waals surface area contributed by atoms with Gasteiger partial charge in [-0.05, 0) is 50.3 Å². The predicted molar refractivity (Wildman–Crippen MR) is 125 cm³/mol. The van der Waals surface area contributed by atoms with E-state index >= 15 is 0 Å². The lowest BCUT2D eigenvalue weighted by molar-refractivity contribution is -0.142. The molecule has 1 aliphatic heterocycles. The average molecular weight is 479 g/mol. The van der Waals surface area contributed by atoms with E-state index in [1.54, 1.807) is 27.8 Å². The molecule has 1 aliphatic carbocycles. The second kappa shape index (κ2) is 10.2. The molecule has 182 valence electrons. The van der Waals surface area contributed by atoms with Gasteiger partial charge in [0.1, 0.15) is 18.0 Å². The molecule has 1 aromatic rings. The second-order valence-electron chi connectivity index (χ2n) is 9.26. The number of fused-ring (bicyclic) bond motifs is 1. The number of sulfone groups is 1. The first-order chi connectivity index (χ1) is 15.5. The highest BCUT2D eigenvalue weighted by atomic mass is 32.2. The molecular formula is C23H34N4O5S. The molecule has 2 aliphatic rings. The number of hydrogen-bond donors (Lipinski definition) is 3. The van der Waals surface area contributed by atoms with E-state index in [2.05, 4.69) is 16.0 Å². The Labute approximate surface area is 195 Å². The normalized spacial score (nSPS) is 23.5. The minimum atomic E-state index is -3.63. The Morgan fingerprint density at radius 2 is 1.82 bits per heavy atom. The van der Waals surface area contributed by atoms with E-state index in [-0.39, 0.29) is 17.9 Å². The van der Waals surface area contributed by atoms with Crippen LogP contribution in [0.2, 0.25) is 0 Å². The number of carbonyl (C=O) groups is 3. The fourth-order valence-electron chi connectivity index (χ4n) is 4.39. The quantitative estimate of drug-likeness (QED) is 0.525. The van der Waals surface area contributed by atoms with Crippen LogP contribution in [0.25, 0.3) is 0 Å². The van der Waals surface area contributed by atoms with Gasteiger partial charge in [0.05, 0.1) is 17.8 Å². The minimum absolute atomic E-state index is 0.222. The summed E-state index contributed by atoms with van der Waals surface area (Å²) < 4.78 is 24.9. The van der Waals surface area contributed by atoms with E-state index in [9.17, 15) is 22.8 Å². The molecule has 9 nitrogen and oxygen atoms in total. The Kier molecular flexibility index (Phi) is 7.79. The van der Waals surface area contributed by atoms with Gasteiger partial charge < -0.3 is 20.9 Å². The van der Waals surface area contributed by atoms with Crippen molar-refractivity contribution in [3.8, 4) is 0 Å². The number of rotatable bonds is 7. The summed E-state index contributed by atoms with van der Waals surface area (Å²) in [6.45, 7) is 5.20. The highest BCUT2D eigenvalue weighted by Crippen LogP contribution is 2.30. The van der Waals surface area contributed by atoms with Crippen molar-refractivity contribution in [2.45, 2.75) is 64.2 Å². The molecule has 10 heteroatoms. The summed E-state index contributed by atoms with van der Waals surface area (Å²) >= 11 is 0. The van der Waals surface area contributed by atoms with Crippen LogP contribution in [0, 0.1) is 5.92 Å².